The van der Waals surface area contributed by atoms with E-state index >= 15 is 0 Å². The molecule has 0 bridgehead atoms. The number of unbranched alkanes of at least 4 members (excludes halogenated alkanes) is 15. The van der Waals surface area contributed by atoms with Crippen LogP contribution in [0.2, 0.25) is 0 Å². The van der Waals surface area contributed by atoms with Gasteiger partial charge in [-0.2, -0.15) is 0 Å². The number of hydrogen-bond donors (Lipinski definition) is 2. The van der Waals surface area contributed by atoms with Crippen LogP contribution >= 0.6 is 0 Å². The van der Waals surface area contributed by atoms with Gasteiger partial charge in [0.1, 0.15) is 30.5 Å². The second-order valence-corrected chi connectivity index (χ2v) is 11.2. The van der Waals surface area contributed by atoms with Gasteiger partial charge in [0, 0.05) is 19.6 Å². The summed E-state index contributed by atoms with van der Waals surface area (Å²) in [5.74, 6) is -0.822. The summed E-state index contributed by atoms with van der Waals surface area (Å²) in [7, 11) is 0. The predicted molar refractivity (Wildman–Crippen MR) is 157 cm³/mol. The molecule has 8 heteroatoms. The molecule has 0 unspecified atom stereocenters. The lowest BCUT2D eigenvalue weighted by molar-refractivity contribution is -0.309. The third-order valence-electron chi connectivity index (χ3n) is 7.61. The van der Waals surface area contributed by atoms with Gasteiger partial charge in [-0.3, -0.25) is 9.59 Å². The summed E-state index contributed by atoms with van der Waals surface area (Å²) in [4.78, 5) is 25.1. The van der Waals surface area contributed by atoms with Gasteiger partial charge in [0.25, 0.3) is 0 Å². The molecule has 1 aliphatic rings. The minimum Gasteiger partial charge on any atom is -0.454 e. The number of ether oxygens (including phenoxy) is 4. The summed E-state index contributed by atoms with van der Waals surface area (Å²) in [5.41, 5.74) is 0. The second-order valence-electron chi connectivity index (χ2n) is 11.2. The largest absolute Gasteiger partial charge is 0.454 e. The van der Waals surface area contributed by atoms with Gasteiger partial charge in [0.15, 0.2) is 12.4 Å². The first-order valence-corrected chi connectivity index (χ1v) is 16.4. The van der Waals surface area contributed by atoms with E-state index in [0.29, 0.717) is 13.0 Å². The summed E-state index contributed by atoms with van der Waals surface area (Å²) < 4.78 is 23.0. The highest BCUT2D eigenvalue weighted by Gasteiger charge is 2.48. The Kier molecular flexibility index (Phi) is 22.7. The van der Waals surface area contributed by atoms with E-state index in [1.54, 1.807) is 6.92 Å². The third kappa shape index (κ3) is 16.4. The van der Waals surface area contributed by atoms with Gasteiger partial charge in [-0.15, -0.1) is 0 Å². The van der Waals surface area contributed by atoms with E-state index in [4.69, 9.17) is 18.9 Å². The van der Waals surface area contributed by atoms with Crippen LogP contribution in [0.5, 0.6) is 0 Å². The maximum Gasteiger partial charge on any atom is 0.313 e. The van der Waals surface area contributed by atoms with Crippen LogP contribution in [-0.2, 0) is 28.5 Å². The topological polar surface area (TPSA) is 112 Å². The van der Waals surface area contributed by atoms with Crippen LogP contribution < -0.4 is 0 Å². The fraction of sp³-hybridized carbons (Fsp3) is 0.938. The zero-order chi connectivity index (χ0) is 29.4. The maximum atomic E-state index is 12.7. The first-order valence-electron chi connectivity index (χ1n) is 16.4. The van der Waals surface area contributed by atoms with Gasteiger partial charge >= 0.3 is 5.97 Å². The van der Waals surface area contributed by atoms with Crippen molar-refractivity contribution in [3.05, 3.63) is 0 Å². The van der Waals surface area contributed by atoms with Gasteiger partial charge in [-0.05, 0) is 19.8 Å². The first kappa shape index (κ1) is 37.0. The molecule has 1 aliphatic heterocycles. The first-order chi connectivity index (χ1) is 19.5. The van der Waals surface area contributed by atoms with Gasteiger partial charge in [-0.1, -0.05) is 110 Å². The quantitative estimate of drug-likeness (QED) is 0.0694. The molecule has 1 fully saturated rings. The van der Waals surface area contributed by atoms with Gasteiger partial charge in [0.05, 0.1) is 6.61 Å². The lowest BCUT2D eigenvalue weighted by Gasteiger charge is -2.43. The van der Waals surface area contributed by atoms with Crippen LogP contribution in [0.3, 0.4) is 0 Å². The molecule has 2 N–H and O–H groups in total. The molecule has 0 spiro atoms. The Hall–Kier alpha value is -1.06. The van der Waals surface area contributed by atoms with Crippen molar-refractivity contribution in [2.75, 3.05) is 19.8 Å². The van der Waals surface area contributed by atoms with Crippen molar-refractivity contribution in [3.8, 4) is 0 Å². The fourth-order valence-electron chi connectivity index (χ4n) is 5.19. The number of aliphatic hydroxyl groups excluding tert-OH is 2. The highest BCUT2D eigenvalue weighted by molar-refractivity contribution is 5.95. The molecule has 0 aromatic carbocycles. The zero-order valence-corrected chi connectivity index (χ0v) is 25.8. The number of hydrogen-bond acceptors (Lipinski definition) is 8. The normalized spacial score (nSPS) is 22.9. The predicted octanol–water partition coefficient (Wildman–Crippen LogP) is 6.42. The molecular weight excluding hydrogens is 512 g/mol. The molecule has 5 atom stereocenters. The van der Waals surface area contributed by atoms with Crippen molar-refractivity contribution in [3.63, 3.8) is 0 Å². The molecule has 1 rings (SSSR count). The van der Waals surface area contributed by atoms with Crippen molar-refractivity contribution in [1.82, 2.24) is 0 Å². The zero-order valence-electron chi connectivity index (χ0n) is 25.8. The highest BCUT2D eigenvalue weighted by Crippen LogP contribution is 2.28. The molecule has 0 amide bonds. The molecule has 236 valence electrons. The third-order valence-corrected chi connectivity index (χ3v) is 7.61. The summed E-state index contributed by atoms with van der Waals surface area (Å²) in [6.07, 6.45) is 14.6. The van der Waals surface area contributed by atoms with Crippen LogP contribution in [0.1, 0.15) is 143 Å². The van der Waals surface area contributed by atoms with Crippen molar-refractivity contribution >= 4 is 11.8 Å². The van der Waals surface area contributed by atoms with E-state index in [-0.39, 0.29) is 18.8 Å². The average molecular weight is 573 g/mol. The fourth-order valence-corrected chi connectivity index (χ4v) is 5.19. The lowest BCUT2D eigenvalue weighted by Crippen LogP contribution is -2.61. The molecule has 0 radical (unpaired) electrons. The molecular formula is C32H60O8. The molecule has 0 saturated carbocycles. The Balaban J connectivity index is 2.50. The number of carbonyl (C=O) groups is 2. The van der Waals surface area contributed by atoms with Crippen LogP contribution in [0.15, 0.2) is 0 Å². The Morgan fingerprint density at radius 3 is 1.75 bits per heavy atom. The van der Waals surface area contributed by atoms with Crippen LogP contribution in [0.4, 0.5) is 0 Å². The van der Waals surface area contributed by atoms with Gasteiger partial charge < -0.3 is 29.2 Å². The smallest absolute Gasteiger partial charge is 0.313 e. The highest BCUT2D eigenvalue weighted by atomic mass is 16.7. The lowest BCUT2D eigenvalue weighted by atomic mass is 9.98. The maximum absolute atomic E-state index is 12.7. The molecule has 0 aromatic rings. The van der Waals surface area contributed by atoms with E-state index in [2.05, 4.69) is 13.8 Å². The van der Waals surface area contributed by atoms with Crippen molar-refractivity contribution in [2.45, 2.75) is 173 Å². The minimum absolute atomic E-state index is 0.150. The van der Waals surface area contributed by atoms with Crippen LogP contribution in [0.25, 0.3) is 0 Å². The number of carbonyl (C=O) groups excluding carboxylic acids is 2. The Morgan fingerprint density at radius 2 is 1.23 bits per heavy atom. The number of Topliss-reactive ketones (excluding diaryl/α,β-unsaturated/α-hetero) is 1. The molecule has 0 aliphatic carbocycles. The van der Waals surface area contributed by atoms with Crippen LogP contribution in [-0.4, -0.2) is 72.5 Å². The monoisotopic (exact) mass is 572 g/mol. The average Bonchev–Trinajstić information content (AvgIpc) is 2.93. The number of ketones is 1. The molecule has 40 heavy (non-hydrogen) atoms. The van der Waals surface area contributed by atoms with Crippen molar-refractivity contribution < 1.29 is 38.7 Å². The Labute approximate surface area is 243 Å². The van der Waals surface area contributed by atoms with E-state index in [0.717, 1.165) is 38.5 Å². The Bertz CT molecular complexity index is 628. The summed E-state index contributed by atoms with van der Waals surface area (Å²) in [6.45, 7) is 6.47. The van der Waals surface area contributed by atoms with Gasteiger partial charge in [0.2, 0.25) is 0 Å². The summed E-state index contributed by atoms with van der Waals surface area (Å²) in [5, 5.41) is 20.5. The second kappa shape index (κ2) is 24.5. The SMILES string of the molecule is CCCCCCCCCCCC(=O)CC(=O)O[C@H]1[C@@H](OCC)O[C@H](CO)[C@@H](O)[C@@H]1OCCCCCCCCCC. The summed E-state index contributed by atoms with van der Waals surface area (Å²) >= 11 is 0. The van der Waals surface area contributed by atoms with E-state index in [1.165, 1.54) is 70.6 Å². The number of esters is 1. The molecule has 1 saturated heterocycles. The van der Waals surface area contributed by atoms with Crippen molar-refractivity contribution in [1.29, 1.82) is 0 Å². The minimum atomic E-state index is -1.19. The molecule has 8 nitrogen and oxygen atoms in total. The number of aliphatic hydroxyl groups is 2. The van der Waals surface area contributed by atoms with Crippen molar-refractivity contribution in [2.24, 2.45) is 0 Å². The molecule has 0 aromatic heterocycles. The molecule has 1 heterocycles. The van der Waals surface area contributed by atoms with Crippen LogP contribution in [0, 0.1) is 0 Å². The van der Waals surface area contributed by atoms with E-state index in [9.17, 15) is 19.8 Å². The van der Waals surface area contributed by atoms with E-state index in [1.807, 2.05) is 0 Å². The summed E-state index contributed by atoms with van der Waals surface area (Å²) in [6, 6.07) is 0. The van der Waals surface area contributed by atoms with Gasteiger partial charge in [-0.25, -0.2) is 0 Å². The van der Waals surface area contributed by atoms with E-state index < -0.39 is 43.3 Å². The Morgan fingerprint density at radius 1 is 0.700 bits per heavy atom. The number of rotatable bonds is 26. The standard InChI is InChI=1S/C32H60O8/c1-4-7-9-11-13-15-16-18-20-22-26(34)24-28(35)40-31-30(29(36)27(25-33)39-32(31)37-6-3)38-23-21-19-17-14-12-10-8-5-2/h27,29-33,36H,4-25H2,1-3H3/t27-,29-,30+,31-,32+/m1/s1.